The Balaban J connectivity index is 2.02. The van der Waals surface area contributed by atoms with Gasteiger partial charge < -0.3 is 15.9 Å². The molecule has 8 heteroatoms. The van der Waals surface area contributed by atoms with Gasteiger partial charge in [0, 0.05) is 5.41 Å². The predicted octanol–water partition coefficient (Wildman–Crippen LogP) is 2.34. The number of benzene rings is 1. The Hall–Kier alpha value is -2.22. The summed E-state index contributed by atoms with van der Waals surface area (Å²) in [7, 11) is 1.57. The van der Waals surface area contributed by atoms with Crippen LogP contribution in [0.2, 0.25) is 0 Å². The Bertz CT molecular complexity index is 737. The van der Waals surface area contributed by atoms with E-state index in [2.05, 4.69) is 15.5 Å². The summed E-state index contributed by atoms with van der Waals surface area (Å²) in [6.45, 7) is 7.97. The zero-order valence-corrected chi connectivity index (χ0v) is 15.4. The fraction of sp³-hybridized carbons (Fsp3) is 0.438. The second kappa shape index (κ2) is 7.12. The molecule has 1 aromatic heterocycles. The number of hydrogen-bond donors (Lipinski definition) is 2. The number of carbonyl (C=O) groups excluding carboxylic acids is 1. The second-order valence-electron chi connectivity index (χ2n) is 6.47. The first-order chi connectivity index (χ1) is 11.2. The van der Waals surface area contributed by atoms with Gasteiger partial charge in [0.15, 0.2) is 5.82 Å². The number of nitrogens with two attached hydrogens (primary N) is 1. The van der Waals surface area contributed by atoms with Crippen LogP contribution in [0, 0.1) is 6.92 Å². The number of rotatable bonds is 5. The van der Waals surface area contributed by atoms with Crippen molar-refractivity contribution >= 4 is 23.4 Å². The number of nitrogen functional groups attached to an aromatic ring is 1. The molecule has 7 nitrogen and oxygen atoms in total. The molecular weight excluding hydrogens is 326 g/mol. The highest BCUT2D eigenvalue weighted by Gasteiger charge is 2.23. The zero-order chi connectivity index (χ0) is 17.9. The van der Waals surface area contributed by atoms with Crippen LogP contribution < -0.4 is 15.9 Å². The SMILES string of the molecule is COc1ccc(C)cc1NC(=O)CSc1nnc(C(C)(C)C)n1N. The van der Waals surface area contributed by atoms with E-state index < -0.39 is 0 Å². The first-order valence-corrected chi connectivity index (χ1v) is 8.49. The lowest BCUT2D eigenvalue weighted by Crippen LogP contribution is -2.24. The number of amides is 1. The van der Waals surface area contributed by atoms with E-state index in [4.69, 9.17) is 10.6 Å². The van der Waals surface area contributed by atoms with Crippen molar-refractivity contribution in [1.29, 1.82) is 0 Å². The van der Waals surface area contributed by atoms with Crippen molar-refractivity contribution in [3.05, 3.63) is 29.6 Å². The number of ether oxygens (including phenoxy) is 1. The van der Waals surface area contributed by atoms with Crippen LogP contribution in [0.4, 0.5) is 5.69 Å². The maximum Gasteiger partial charge on any atom is 0.234 e. The summed E-state index contributed by atoms with van der Waals surface area (Å²) < 4.78 is 6.69. The fourth-order valence-electron chi connectivity index (χ4n) is 2.12. The highest BCUT2D eigenvalue weighted by atomic mass is 32.2. The van der Waals surface area contributed by atoms with Crippen molar-refractivity contribution < 1.29 is 9.53 Å². The van der Waals surface area contributed by atoms with Crippen LogP contribution in [0.1, 0.15) is 32.2 Å². The molecule has 0 spiro atoms. The Kier molecular flexibility index (Phi) is 5.38. The van der Waals surface area contributed by atoms with Gasteiger partial charge in [0.2, 0.25) is 11.1 Å². The number of thioether (sulfide) groups is 1. The third-order valence-electron chi connectivity index (χ3n) is 3.30. The van der Waals surface area contributed by atoms with Crippen molar-refractivity contribution in [2.75, 3.05) is 24.0 Å². The van der Waals surface area contributed by atoms with Gasteiger partial charge in [-0.05, 0) is 24.6 Å². The largest absolute Gasteiger partial charge is 0.495 e. The Labute approximate surface area is 145 Å². The van der Waals surface area contributed by atoms with E-state index in [1.165, 1.54) is 16.4 Å². The van der Waals surface area contributed by atoms with Crippen molar-refractivity contribution in [1.82, 2.24) is 14.9 Å². The number of nitrogens with zero attached hydrogens (tertiary/aromatic N) is 3. The molecule has 1 amide bonds. The fourth-order valence-corrected chi connectivity index (χ4v) is 2.78. The average Bonchev–Trinajstić information content (AvgIpc) is 2.86. The van der Waals surface area contributed by atoms with Crippen molar-refractivity contribution in [2.24, 2.45) is 0 Å². The predicted molar refractivity (Wildman–Crippen MR) is 96.0 cm³/mol. The van der Waals surface area contributed by atoms with Crippen LogP contribution in [-0.4, -0.2) is 33.6 Å². The molecule has 0 saturated carbocycles. The summed E-state index contributed by atoms with van der Waals surface area (Å²) in [4.78, 5) is 12.2. The topological polar surface area (TPSA) is 95.1 Å². The van der Waals surface area contributed by atoms with Crippen LogP contribution in [0.3, 0.4) is 0 Å². The molecule has 0 aliphatic rings. The third kappa shape index (κ3) is 4.19. The number of anilines is 1. The number of carbonyl (C=O) groups is 1. The quantitative estimate of drug-likeness (QED) is 0.635. The van der Waals surface area contributed by atoms with Crippen LogP contribution in [0.25, 0.3) is 0 Å². The minimum absolute atomic E-state index is 0.163. The van der Waals surface area contributed by atoms with E-state index in [0.29, 0.717) is 22.4 Å². The van der Waals surface area contributed by atoms with Crippen LogP contribution >= 0.6 is 11.8 Å². The first-order valence-electron chi connectivity index (χ1n) is 7.50. The summed E-state index contributed by atoms with van der Waals surface area (Å²) in [5.74, 6) is 7.32. The smallest absolute Gasteiger partial charge is 0.234 e. The minimum Gasteiger partial charge on any atom is -0.495 e. The summed E-state index contributed by atoms with van der Waals surface area (Å²) in [5, 5.41) is 11.5. The van der Waals surface area contributed by atoms with Crippen molar-refractivity contribution in [3.8, 4) is 5.75 Å². The maximum atomic E-state index is 12.2. The van der Waals surface area contributed by atoms with E-state index in [1.807, 2.05) is 45.9 Å². The molecule has 0 radical (unpaired) electrons. The molecule has 24 heavy (non-hydrogen) atoms. The molecule has 0 aliphatic heterocycles. The molecule has 0 atom stereocenters. The van der Waals surface area contributed by atoms with E-state index >= 15 is 0 Å². The summed E-state index contributed by atoms with van der Waals surface area (Å²) in [6, 6.07) is 5.61. The number of aromatic nitrogens is 3. The first kappa shape index (κ1) is 18.1. The monoisotopic (exact) mass is 349 g/mol. The Morgan fingerprint density at radius 3 is 2.67 bits per heavy atom. The molecule has 0 aliphatic carbocycles. The Morgan fingerprint density at radius 2 is 2.08 bits per heavy atom. The molecule has 2 aromatic rings. The standard InChI is InChI=1S/C16H23N5O2S/c1-10-6-7-12(23-5)11(8-10)18-13(22)9-24-15-20-19-14(21(15)17)16(2,3)4/h6-8H,9,17H2,1-5H3,(H,18,22). The van der Waals surface area contributed by atoms with Crippen molar-refractivity contribution in [3.63, 3.8) is 0 Å². The zero-order valence-electron chi connectivity index (χ0n) is 14.6. The third-order valence-corrected chi connectivity index (χ3v) is 4.24. The normalized spacial score (nSPS) is 11.4. The number of methoxy groups -OCH3 is 1. The number of aryl methyl sites for hydroxylation is 1. The van der Waals surface area contributed by atoms with Gasteiger partial charge in [-0.15, -0.1) is 10.2 Å². The molecular formula is C16H23N5O2S. The lowest BCUT2D eigenvalue weighted by atomic mass is 9.96. The summed E-state index contributed by atoms with van der Waals surface area (Å²) in [5.41, 5.74) is 1.47. The lowest BCUT2D eigenvalue weighted by Gasteiger charge is -2.16. The van der Waals surface area contributed by atoms with Gasteiger partial charge in [0.05, 0.1) is 18.6 Å². The average molecular weight is 349 g/mol. The van der Waals surface area contributed by atoms with Gasteiger partial charge in [0.1, 0.15) is 5.75 Å². The van der Waals surface area contributed by atoms with Crippen molar-refractivity contribution in [2.45, 2.75) is 38.3 Å². The van der Waals surface area contributed by atoms with Gasteiger partial charge in [-0.3, -0.25) is 4.79 Å². The molecule has 0 saturated heterocycles. The van der Waals surface area contributed by atoms with E-state index in [0.717, 1.165) is 5.56 Å². The van der Waals surface area contributed by atoms with Gasteiger partial charge >= 0.3 is 0 Å². The molecule has 0 unspecified atom stereocenters. The van der Waals surface area contributed by atoms with Crippen LogP contribution in [0.15, 0.2) is 23.4 Å². The van der Waals surface area contributed by atoms with Crippen LogP contribution in [-0.2, 0) is 10.2 Å². The highest BCUT2D eigenvalue weighted by Crippen LogP contribution is 2.26. The molecule has 2 rings (SSSR count). The highest BCUT2D eigenvalue weighted by molar-refractivity contribution is 7.99. The van der Waals surface area contributed by atoms with Crippen LogP contribution in [0.5, 0.6) is 5.75 Å². The van der Waals surface area contributed by atoms with E-state index in [9.17, 15) is 4.79 Å². The van der Waals surface area contributed by atoms with E-state index in [-0.39, 0.29) is 17.1 Å². The molecule has 130 valence electrons. The molecule has 1 aromatic carbocycles. The maximum absolute atomic E-state index is 12.2. The number of nitrogens with one attached hydrogen (secondary N) is 1. The summed E-state index contributed by atoms with van der Waals surface area (Å²) in [6.07, 6.45) is 0. The Morgan fingerprint density at radius 1 is 1.38 bits per heavy atom. The molecule has 1 heterocycles. The van der Waals surface area contributed by atoms with Gasteiger partial charge in [-0.25, -0.2) is 4.68 Å². The molecule has 3 N–H and O–H groups in total. The summed E-state index contributed by atoms with van der Waals surface area (Å²) >= 11 is 1.24. The number of hydrogen-bond acceptors (Lipinski definition) is 6. The molecule has 0 fully saturated rings. The van der Waals surface area contributed by atoms with Gasteiger partial charge in [-0.1, -0.05) is 38.6 Å². The lowest BCUT2D eigenvalue weighted by molar-refractivity contribution is -0.113. The second-order valence-corrected chi connectivity index (χ2v) is 7.41. The van der Waals surface area contributed by atoms with Gasteiger partial charge in [0.25, 0.3) is 0 Å². The van der Waals surface area contributed by atoms with E-state index in [1.54, 1.807) is 7.11 Å². The van der Waals surface area contributed by atoms with Gasteiger partial charge in [-0.2, -0.15) is 0 Å². The molecule has 0 bridgehead atoms. The minimum atomic E-state index is -0.211.